The molecule has 2 rings (SSSR count). The minimum Gasteiger partial charge on any atom is -0.0951 e. The zero-order valence-electron chi connectivity index (χ0n) is 7.70. The summed E-state index contributed by atoms with van der Waals surface area (Å²) in [5, 5.41) is 0. The minimum absolute atomic E-state index is 0.351. The van der Waals surface area contributed by atoms with Gasteiger partial charge in [0.2, 0.25) is 0 Å². The van der Waals surface area contributed by atoms with Crippen LogP contribution in [0.1, 0.15) is 25.1 Å². The van der Waals surface area contributed by atoms with Gasteiger partial charge in [0.1, 0.15) is 0 Å². The van der Waals surface area contributed by atoms with Crippen molar-refractivity contribution in [2.75, 3.05) is 6.16 Å². The maximum atomic E-state index is 2.36. The van der Waals surface area contributed by atoms with Gasteiger partial charge < -0.3 is 0 Å². The molecule has 0 spiro atoms. The lowest BCUT2D eigenvalue weighted by molar-refractivity contribution is 1.10. The van der Waals surface area contributed by atoms with Gasteiger partial charge in [-0.05, 0) is 17.4 Å². The Hall–Kier alpha value is -0.350. The third-order valence-electron chi connectivity index (χ3n) is 2.50. The summed E-state index contributed by atoms with van der Waals surface area (Å²) in [7, 11) is 0.351. The van der Waals surface area contributed by atoms with Crippen LogP contribution in [0.3, 0.4) is 0 Å². The molecule has 1 aromatic rings. The van der Waals surface area contributed by atoms with Crippen LogP contribution in [0.4, 0.5) is 0 Å². The summed E-state index contributed by atoms with van der Waals surface area (Å²) < 4.78 is 0. The normalized spacial score (nSPS) is 27.6. The lowest BCUT2D eigenvalue weighted by atomic mass is 10.2. The van der Waals surface area contributed by atoms with Crippen molar-refractivity contribution in [3.8, 4) is 0 Å². The molecule has 1 fully saturated rings. The lowest BCUT2D eigenvalue weighted by Crippen LogP contribution is -1.82. The van der Waals surface area contributed by atoms with Crippen molar-refractivity contribution in [2.24, 2.45) is 0 Å². The maximum absolute atomic E-state index is 2.36. The molecule has 0 unspecified atom stereocenters. The first-order chi connectivity index (χ1) is 5.79. The Labute approximate surface area is 75.7 Å². The molecule has 0 nitrogen and oxygen atoms in total. The Morgan fingerprint density at radius 2 is 1.92 bits per heavy atom. The molecule has 0 bridgehead atoms. The van der Waals surface area contributed by atoms with Gasteiger partial charge >= 0.3 is 0 Å². The summed E-state index contributed by atoms with van der Waals surface area (Å²) in [6.07, 6.45) is 1.47. The van der Waals surface area contributed by atoms with Gasteiger partial charge in [-0.25, -0.2) is 0 Å². The first kappa shape index (κ1) is 8.26. The molecule has 0 radical (unpaired) electrons. The van der Waals surface area contributed by atoms with Crippen LogP contribution in [0.15, 0.2) is 30.3 Å². The first-order valence-electron chi connectivity index (χ1n) is 4.59. The van der Waals surface area contributed by atoms with E-state index in [9.17, 15) is 0 Å². The van der Waals surface area contributed by atoms with Crippen molar-refractivity contribution in [1.82, 2.24) is 0 Å². The number of rotatable bonds is 2. The van der Waals surface area contributed by atoms with Gasteiger partial charge in [0, 0.05) is 5.66 Å². The molecule has 1 saturated heterocycles. The topological polar surface area (TPSA) is 0 Å². The monoisotopic (exact) mass is 178 g/mol. The molecular formula is C11H15P. The van der Waals surface area contributed by atoms with Crippen molar-refractivity contribution in [2.45, 2.75) is 25.2 Å². The van der Waals surface area contributed by atoms with Gasteiger partial charge in [-0.3, -0.25) is 0 Å². The number of hydrogen-bond acceptors (Lipinski definition) is 0. The van der Waals surface area contributed by atoms with Crippen molar-refractivity contribution in [1.29, 1.82) is 0 Å². The summed E-state index contributed by atoms with van der Waals surface area (Å²) >= 11 is 0. The third-order valence-corrected chi connectivity index (χ3v) is 5.42. The average Bonchev–Trinajstić information content (AvgIpc) is 2.84. The third kappa shape index (κ3) is 1.54. The minimum atomic E-state index is 0.351. The molecule has 0 N–H and O–H groups in total. The lowest BCUT2D eigenvalue weighted by Gasteiger charge is -2.03. The van der Waals surface area contributed by atoms with Crippen molar-refractivity contribution < 1.29 is 0 Å². The molecule has 0 saturated carbocycles. The molecule has 12 heavy (non-hydrogen) atoms. The van der Waals surface area contributed by atoms with Gasteiger partial charge in [-0.15, -0.1) is 0 Å². The van der Waals surface area contributed by atoms with Crippen LogP contribution in [0.2, 0.25) is 0 Å². The van der Waals surface area contributed by atoms with Crippen LogP contribution in [0.5, 0.6) is 0 Å². The van der Waals surface area contributed by atoms with E-state index in [1.165, 1.54) is 6.16 Å². The fourth-order valence-electron chi connectivity index (χ4n) is 1.70. The number of hydrogen-bond donors (Lipinski definition) is 0. The molecule has 0 aromatic heterocycles. The Bertz CT molecular complexity index is 253. The summed E-state index contributed by atoms with van der Waals surface area (Å²) in [4.78, 5) is 0. The highest BCUT2D eigenvalue weighted by molar-refractivity contribution is 7.66. The quantitative estimate of drug-likeness (QED) is 0.606. The van der Waals surface area contributed by atoms with E-state index in [1.54, 1.807) is 5.56 Å². The molecule has 1 heteroatoms. The average molecular weight is 178 g/mol. The summed E-state index contributed by atoms with van der Waals surface area (Å²) in [6.45, 7) is 4.71. The zero-order valence-corrected chi connectivity index (χ0v) is 8.59. The molecule has 1 aliphatic rings. The summed E-state index contributed by atoms with van der Waals surface area (Å²) in [6, 6.07) is 11.0. The molecule has 0 aliphatic carbocycles. The van der Waals surface area contributed by atoms with E-state index < -0.39 is 0 Å². The van der Waals surface area contributed by atoms with Gasteiger partial charge in [-0.1, -0.05) is 52.1 Å². The van der Waals surface area contributed by atoms with Gasteiger partial charge in [0.05, 0.1) is 0 Å². The highest BCUT2D eigenvalue weighted by atomic mass is 31.1. The van der Waals surface area contributed by atoms with Gasteiger partial charge in [0.15, 0.2) is 0 Å². The molecule has 1 aromatic carbocycles. The van der Waals surface area contributed by atoms with Crippen molar-refractivity contribution in [3.63, 3.8) is 0 Å². The second-order valence-corrected chi connectivity index (χ2v) is 6.77. The summed E-state index contributed by atoms with van der Waals surface area (Å²) in [5.74, 6) is 0. The SMILES string of the molecule is CC(C)[P@]1C[C@@H]1c1ccccc1. The van der Waals surface area contributed by atoms with Crippen LogP contribution in [-0.2, 0) is 0 Å². The van der Waals surface area contributed by atoms with E-state index in [0.717, 1.165) is 11.3 Å². The maximum Gasteiger partial charge on any atom is 0.00839 e. The molecule has 2 atom stereocenters. The molecule has 1 aliphatic heterocycles. The van der Waals surface area contributed by atoms with E-state index in [0.29, 0.717) is 7.92 Å². The van der Waals surface area contributed by atoms with Gasteiger partial charge in [-0.2, -0.15) is 0 Å². The highest BCUT2D eigenvalue weighted by Gasteiger charge is 2.39. The molecule has 1 heterocycles. The van der Waals surface area contributed by atoms with Crippen LogP contribution in [0, 0.1) is 0 Å². The highest BCUT2D eigenvalue weighted by Crippen LogP contribution is 2.71. The molecular weight excluding hydrogens is 163 g/mol. The molecule has 64 valence electrons. The van der Waals surface area contributed by atoms with E-state index >= 15 is 0 Å². The van der Waals surface area contributed by atoms with Crippen molar-refractivity contribution >= 4 is 7.92 Å². The first-order valence-corrected chi connectivity index (χ1v) is 6.26. The van der Waals surface area contributed by atoms with E-state index in [1.807, 2.05) is 0 Å². The fraction of sp³-hybridized carbons (Fsp3) is 0.455. The Morgan fingerprint density at radius 1 is 1.25 bits per heavy atom. The van der Waals surface area contributed by atoms with E-state index in [2.05, 4.69) is 44.2 Å². The van der Waals surface area contributed by atoms with Crippen LogP contribution in [0.25, 0.3) is 0 Å². The van der Waals surface area contributed by atoms with Crippen LogP contribution < -0.4 is 0 Å². The smallest absolute Gasteiger partial charge is 0.00839 e. The summed E-state index contributed by atoms with van der Waals surface area (Å²) in [5.41, 5.74) is 3.42. The Morgan fingerprint density at radius 3 is 2.42 bits per heavy atom. The predicted octanol–water partition coefficient (Wildman–Crippen LogP) is 3.63. The predicted molar refractivity (Wildman–Crippen MR) is 56.1 cm³/mol. The van der Waals surface area contributed by atoms with Crippen LogP contribution in [-0.4, -0.2) is 11.8 Å². The van der Waals surface area contributed by atoms with Gasteiger partial charge in [0.25, 0.3) is 0 Å². The second-order valence-electron chi connectivity index (χ2n) is 3.72. The second kappa shape index (κ2) is 3.18. The Balaban J connectivity index is 2.06. The molecule has 0 amide bonds. The standard InChI is InChI=1S/C11H15P/c1-9(2)12-8-11(12)10-6-4-3-5-7-10/h3-7,9,11H,8H2,1-2H3/t11-,12+/m1/s1. The van der Waals surface area contributed by atoms with Crippen molar-refractivity contribution in [3.05, 3.63) is 35.9 Å². The fourth-order valence-corrected chi connectivity index (χ4v) is 4.19. The van der Waals surface area contributed by atoms with E-state index in [4.69, 9.17) is 0 Å². The Kier molecular flexibility index (Phi) is 2.19. The van der Waals surface area contributed by atoms with E-state index in [-0.39, 0.29) is 0 Å². The van der Waals surface area contributed by atoms with Crippen LogP contribution >= 0.6 is 7.92 Å². The zero-order chi connectivity index (χ0) is 8.55. The largest absolute Gasteiger partial charge is 0.0951 e. The number of benzene rings is 1.